The molecule has 0 aliphatic rings. The molecular formula is C22H20BrCl2NO2. The summed E-state index contributed by atoms with van der Waals surface area (Å²) in [7, 11) is 0. The molecule has 0 atom stereocenters. The average Bonchev–Trinajstić information content (AvgIpc) is 2.68. The third-order valence-electron chi connectivity index (χ3n) is 4.06. The minimum absolute atomic E-state index is 0.357. The van der Waals surface area contributed by atoms with Crippen LogP contribution in [-0.2, 0) is 13.2 Å². The predicted octanol–water partition coefficient (Wildman–Crippen LogP) is 7.35. The van der Waals surface area contributed by atoms with Crippen LogP contribution in [0.4, 0.5) is 5.69 Å². The first kappa shape index (κ1) is 20.8. The molecule has 3 nitrogen and oxygen atoms in total. The van der Waals surface area contributed by atoms with Gasteiger partial charge in [-0.3, -0.25) is 0 Å². The zero-order chi connectivity index (χ0) is 19.9. The summed E-state index contributed by atoms with van der Waals surface area (Å²) in [4.78, 5) is 0. The fraction of sp³-hybridized carbons (Fsp3) is 0.182. The highest BCUT2D eigenvalue weighted by molar-refractivity contribution is 9.10. The first-order valence-corrected chi connectivity index (χ1v) is 10.4. The summed E-state index contributed by atoms with van der Waals surface area (Å²) < 4.78 is 12.7. The van der Waals surface area contributed by atoms with Gasteiger partial charge in [0.25, 0.3) is 0 Å². The van der Waals surface area contributed by atoms with Crippen LogP contribution in [0.5, 0.6) is 11.5 Å². The van der Waals surface area contributed by atoms with Crippen molar-refractivity contribution in [1.29, 1.82) is 0 Å². The molecule has 3 aromatic rings. The third-order valence-corrected chi connectivity index (χ3v) is 5.34. The van der Waals surface area contributed by atoms with Gasteiger partial charge in [0, 0.05) is 17.1 Å². The molecule has 3 rings (SSSR count). The standard InChI is InChI=1S/C22H20BrCl2NO2/c1-2-27-21-12-15(13-26-20-10-6-5-9-19(20)25)11-17(23)22(21)28-14-16-7-3-4-8-18(16)24/h3-12,26H,2,13-14H2,1H3. The van der Waals surface area contributed by atoms with Crippen LogP contribution in [0.3, 0.4) is 0 Å². The van der Waals surface area contributed by atoms with Crippen molar-refractivity contribution in [2.24, 2.45) is 0 Å². The Labute approximate surface area is 183 Å². The van der Waals surface area contributed by atoms with Gasteiger partial charge >= 0.3 is 0 Å². The normalized spacial score (nSPS) is 10.6. The molecular weight excluding hydrogens is 461 g/mol. The molecule has 0 fully saturated rings. The number of hydrogen-bond donors (Lipinski definition) is 1. The second kappa shape index (κ2) is 10.1. The highest BCUT2D eigenvalue weighted by Gasteiger charge is 2.13. The lowest BCUT2D eigenvalue weighted by Crippen LogP contribution is -2.04. The van der Waals surface area contributed by atoms with Gasteiger partial charge in [0.05, 0.1) is 21.8 Å². The lowest BCUT2D eigenvalue weighted by atomic mass is 10.2. The lowest BCUT2D eigenvalue weighted by Gasteiger charge is -2.16. The van der Waals surface area contributed by atoms with Gasteiger partial charge in [-0.25, -0.2) is 0 Å². The van der Waals surface area contributed by atoms with E-state index in [2.05, 4.69) is 21.2 Å². The molecule has 146 valence electrons. The molecule has 0 saturated heterocycles. The van der Waals surface area contributed by atoms with Crippen LogP contribution < -0.4 is 14.8 Å². The highest BCUT2D eigenvalue weighted by atomic mass is 79.9. The molecule has 0 radical (unpaired) electrons. The Morgan fingerprint density at radius 2 is 1.64 bits per heavy atom. The van der Waals surface area contributed by atoms with E-state index in [1.54, 1.807) is 0 Å². The van der Waals surface area contributed by atoms with Crippen LogP contribution in [0.1, 0.15) is 18.1 Å². The number of benzene rings is 3. The van der Waals surface area contributed by atoms with E-state index in [9.17, 15) is 0 Å². The number of nitrogens with one attached hydrogen (secondary N) is 1. The van der Waals surface area contributed by atoms with Crippen molar-refractivity contribution in [2.75, 3.05) is 11.9 Å². The Balaban J connectivity index is 1.77. The maximum atomic E-state index is 6.23. The van der Waals surface area contributed by atoms with Gasteiger partial charge in [0.1, 0.15) is 6.61 Å². The van der Waals surface area contributed by atoms with E-state index >= 15 is 0 Å². The fourth-order valence-electron chi connectivity index (χ4n) is 2.69. The molecule has 0 spiro atoms. The van der Waals surface area contributed by atoms with Crippen LogP contribution >= 0.6 is 39.1 Å². The van der Waals surface area contributed by atoms with Crippen LogP contribution in [0.15, 0.2) is 65.1 Å². The Hall–Kier alpha value is -1.88. The van der Waals surface area contributed by atoms with Crippen LogP contribution in [-0.4, -0.2) is 6.61 Å². The molecule has 0 unspecified atom stereocenters. The topological polar surface area (TPSA) is 30.5 Å². The first-order valence-electron chi connectivity index (χ1n) is 8.88. The minimum atomic E-state index is 0.357. The average molecular weight is 481 g/mol. The van der Waals surface area contributed by atoms with Crippen molar-refractivity contribution in [3.8, 4) is 11.5 Å². The van der Waals surface area contributed by atoms with Gasteiger partial charge in [0.2, 0.25) is 0 Å². The Morgan fingerprint density at radius 3 is 2.36 bits per heavy atom. The van der Waals surface area contributed by atoms with Gasteiger partial charge in [-0.2, -0.15) is 0 Å². The van der Waals surface area contributed by atoms with Crippen molar-refractivity contribution < 1.29 is 9.47 Å². The molecule has 0 bridgehead atoms. The van der Waals surface area contributed by atoms with Crippen molar-refractivity contribution in [3.05, 3.63) is 86.3 Å². The largest absolute Gasteiger partial charge is 0.490 e. The Morgan fingerprint density at radius 1 is 0.929 bits per heavy atom. The maximum absolute atomic E-state index is 6.23. The Bertz CT molecular complexity index is 950. The molecule has 0 aromatic heterocycles. The quantitative estimate of drug-likeness (QED) is 0.365. The second-order valence-corrected chi connectivity index (χ2v) is 7.72. The molecule has 0 heterocycles. The van der Waals surface area contributed by atoms with Crippen molar-refractivity contribution in [1.82, 2.24) is 0 Å². The summed E-state index contributed by atoms with van der Waals surface area (Å²) in [6.45, 7) is 3.44. The summed E-state index contributed by atoms with van der Waals surface area (Å²) in [6.07, 6.45) is 0. The van der Waals surface area contributed by atoms with E-state index in [1.165, 1.54) is 0 Å². The summed E-state index contributed by atoms with van der Waals surface area (Å²) in [5.74, 6) is 1.34. The number of para-hydroxylation sites is 1. The number of ether oxygens (including phenoxy) is 2. The van der Waals surface area contributed by atoms with Gasteiger partial charge in [-0.05, 0) is 58.7 Å². The van der Waals surface area contributed by atoms with Gasteiger partial charge in [-0.15, -0.1) is 0 Å². The minimum Gasteiger partial charge on any atom is -0.490 e. The first-order chi connectivity index (χ1) is 13.6. The smallest absolute Gasteiger partial charge is 0.175 e. The molecule has 1 N–H and O–H groups in total. The molecule has 3 aromatic carbocycles. The van der Waals surface area contributed by atoms with Gasteiger partial charge in [-0.1, -0.05) is 53.5 Å². The summed E-state index contributed by atoms with van der Waals surface area (Å²) in [6, 6.07) is 19.3. The van der Waals surface area contributed by atoms with E-state index in [0.717, 1.165) is 21.3 Å². The molecule has 0 aliphatic carbocycles. The van der Waals surface area contributed by atoms with Crippen molar-refractivity contribution in [3.63, 3.8) is 0 Å². The highest BCUT2D eigenvalue weighted by Crippen LogP contribution is 2.38. The van der Waals surface area contributed by atoms with E-state index in [-0.39, 0.29) is 0 Å². The summed E-state index contributed by atoms with van der Waals surface area (Å²) in [5, 5.41) is 4.71. The molecule has 0 saturated carbocycles. The van der Waals surface area contributed by atoms with Crippen molar-refractivity contribution in [2.45, 2.75) is 20.1 Å². The molecule has 28 heavy (non-hydrogen) atoms. The number of anilines is 1. The van der Waals surface area contributed by atoms with Crippen LogP contribution in [0, 0.1) is 0 Å². The summed E-state index contributed by atoms with van der Waals surface area (Å²) >= 11 is 16.0. The SMILES string of the molecule is CCOc1cc(CNc2ccccc2Cl)cc(Br)c1OCc1ccccc1Cl. The van der Waals surface area contributed by atoms with Gasteiger partial charge in [0.15, 0.2) is 11.5 Å². The van der Waals surface area contributed by atoms with Crippen LogP contribution in [0.25, 0.3) is 0 Å². The van der Waals surface area contributed by atoms with E-state index in [4.69, 9.17) is 32.7 Å². The third kappa shape index (κ3) is 5.34. The van der Waals surface area contributed by atoms with Crippen LogP contribution in [0.2, 0.25) is 10.0 Å². The van der Waals surface area contributed by atoms with Crippen molar-refractivity contribution >= 4 is 44.8 Å². The lowest BCUT2D eigenvalue weighted by molar-refractivity contribution is 0.267. The summed E-state index contributed by atoms with van der Waals surface area (Å²) in [5.41, 5.74) is 2.85. The van der Waals surface area contributed by atoms with Gasteiger partial charge < -0.3 is 14.8 Å². The molecule has 6 heteroatoms. The second-order valence-electron chi connectivity index (χ2n) is 6.05. The van der Waals surface area contributed by atoms with E-state index < -0.39 is 0 Å². The molecule has 0 amide bonds. The zero-order valence-electron chi connectivity index (χ0n) is 15.3. The predicted molar refractivity (Wildman–Crippen MR) is 120 cm³/mol. The number of hydrogen-bond acceptors (Lipinski definition) is 3. The molecule has 0 aliphatic heterocycles. The number of rotatable bonds is 8. The van der Waals surface area contributed by atoms with E-state index in [1.807, 2.05) is 67.6 Å². The zero-order valence-corrected chi connectivity index (χ0v) is 18.4. The fourth-order valence-corrected chi connectivity index (χ4v) is 3.69. The maximum Gasteiger partial charge on any atom is 0.175 e. The Kier molecular flexibility index (Phi) is 7.49. The number of halogens is 3. The van der Waals surface area contributed by atoms with E-state index in [0.29, 0.717) is 41.3 Å². The monoisotopic (exact) mass is 479 g/mol.